The number of hydrogen-bond acceptors (Lipinski definition) is 2. The van der Waals surface area contributed by atoms with Crippen molar-refractivity contribution >= 4 is 15.9 Å². The molecular formula is C15H12BrF3O2. The normalized spacial score (nSPS) is 12.1. The van der Waals surface area contributed by atoms with Gasteiger partial charge in [0.25, 0.3) is 0 Å². The first-order valence-electron chi connectivity index (χ1n) is 5.99. The summed E-state index contributed by atoms with van der Waals surface area (Å²) in [6.07, 6.45) is 0. The third kappa shape index (κ3) is 3.00. The highest BCUT2D eigenvalue weighted by molar-refractivity contribution is 9.09. The Morgan fingerprint density at radius 1 is 0.905 bits per heavy atom. The van der Waals surface area contributed by atoms with Crippen molar-refractivity contribution in [1.29, 1.82) is 0 Å². The minimum atomic E-state index is -1.49. The van der Waals surface area contributed by atoms with E-state index in [1.807, 2.05) is 0 Å². The topological polar surface area (TPSA) is 18.5 Å². The number of rotatable bonds is 4. The number of ether oxygens (including phenoxy) is 2. The van der Waals surface area contributed by atoms with E-state index in [-0.39, 0.29) is 5.56 Å². The lowest BCUT2D eigenvalue weighted by Crippen LogP contribution is -2.02. The van der Waals surface area contributed by atoms with Crippen molar-refractivity contribution < 1.29 is 22.6 Å². The lowest BCUT2D eigenvalue weighted by Gasteiger charge is -2.15. The van der Waals surface area contributed by atoms with Gasteiger partial charge in [-0.15, -0.1) is 0 Å². The van der Waals surface area contributed by atoms with Gasteiger partial charge in [0.15, 0.2) is 29.0 Å². The molecule has 0 aliphatic rings. The molecule has 0 saturated heterocycles. The molecule has 2 aromatic rings. The summed E-state index contributed by atoms with van der Waals surface area (Å²) in [5.74, 6) is -2.94. The van der Waals surface area contributed by atoms with Crippen LogP contribution >= 0.6 is 15.9 Å². The highest BCUT2D eigenvalue weighted by atomic mass is 79.9. The fourth-order valence-electron chi connectivity index (χ4n) is 1.93. The van der Waals surface area contributed by atoms with Crippen LogP contribution in [0.5, 0.6) is 11.5 Å². The third-order valence-electron chi connectivity index (χ3n) is 3.04. The van der Waals surface area contributed by atoms with Crippen LogP contribution in [0.25, 0.3) is 0 Å². The zero-order valence-electron chi connectivity index (χ0n) is 11.3. The highest BCUT2D eigenvalue weighted by Gasteiger charge is 2.21. The maximum Gasteiger partial charge on any atom is 0.194 e. The Morgan fingerprint density at radius 2 is 1.57 bits per heavy atom. The summed E-state index contributed by atoms with van der Waals surface area (Å²) < 4.78 is 50.4. The van der Waals surface area contributed by atoms with Gasteiger partial charge in [0, 0.05) is 5.56 Å². The van der Waals surface area contributed by atoms with Crippen LogP contribution in [-0.4, -0.2) is 14.2 Å². The van der Waals surface area contributed by atoms with Crippen LogP contribution in [0, 0.1) is 17.5 Å². The van der Waals surface area contributed by atoms with Gasteiger partial charge >= 0.3 is 0 Å². The molecule has 0 radical (unpaired) electrons. The Balaban J connectivity index is 2.45. The summed E-state index contributed by atoms with van der Waals surface area (Å²) >= 11 is 3.29. The van der Waals surface area contributed by atoms with E-state index in [9.17, 15) is 13.2 Å². The maximum atomic E-state index is 13.8. The van der Waals surface area contributed by atoms with Crippen LogP contribution in [0.1, 0.15) is 16.0 Å². The van der Waals surface area contributed by atoms with Crippen LogP contribution in [0.4, 0.5) is 13.2 Å². The van der Waals surface area contributed by atoms with E-state index in [2.05, 4.69) is 15.9 Å². The average Bonchev–Trinajstić information content (AvgIpc) is 2.51. The van der Waals surface area contributed by atoms with Crippen molar-refractivity contribution in [1.82, 2.24) is 0 Å². The first-order valence-corrected chi connectivity index (χ1v) is 6.90. The molecule has 0 aliphatic carbocycles. The average molecular weight is 361 g/mol. The van der Waals surface area contributed by atoms with Gasteiger partial charge in [0.05, 0.1) is 19.0 Å². The van der Waals surface area contributed by atoms with Gasteiger partial charge in [-0.2, -0.15) is 0 Å². The molecule has 1 atom stereocenters. The van der Waals surface area contributed by atoms with Crippen molar-refractivity contribution in [3.8, 4) is 11.5 Å². The molecule has 21 heavy (non-hydrogen) atoms. The predicted octanol–water partition coefficient (Wildman–Crippen LogP) is 4.61. The summed E-state index contributed by atoms with van der Waals surface area (Å²) in [6, 6.07) is 7.06. The largest absolute Gasteiger partial charge is 0.493 e. The second-order valence-electron chi connectivity index (χ2n) is 4.24. The van der Waals surface area contributed by atoms with E-state index in [4.69, 9.17) is 9.47 Å². The monoisotopic (exact) mass is 360 g/mol. The first kappa shape index (κ1) is 15.7. The van der Waals surface area contributed by atoms with Crippen LogP contribution in [0.15, 0.2) is 30.3 Å². The SMILES string of the molecule is COc1ccc(C(Br)c2ccc(F)c(F)c2F)cc1OC. The van der Waals surface area contributed by atoms with Crippen LogP contribution < -0.4 is 9.47 Å². The summed E-state index contributed by atoms with van der Waals surface area (Å²) in [6.45, 7) is 0. The summed E-state index contributed by atoms with van der Waals surface area (Å²) in [5, 5.41) is 0. The zero-order chi connectivity index (χ0) is 15.6. The van der Waals surface area contributed by atoms with E-state index in [1.54, 1.807) is 18.2 Å². The molecule has 0 fully saturated rings. The van der Waals surface area contributed by atoms with Gasteiger partial charge in [-0.05, 0) is 23.8 Å². The van der Waals surface area contributed by atoms with Crippen molar-refractivity contribution in [3.05, 3.63) is 58.9 Å². The molecule has 0 saturated carbocycles. The molecule has 1 unspecified atom stereocenters. The van der Waals surface area contributed by atoms with Crippen molar-refractivity contribution in [2.75, 3.05) is 14.2 Å². The first-order chi connectivity index (χ1) is 9.99. The summed E-state index contributed by atoms with van der Waals surface area (Å²) in [7, 11) is 2.97. The minimum Gasteiger partial charge on any atom is -0.493 e. The molecule has 0 amide bonds. The van der Waals surface area contributed by atoms with Crippen molar-refractivity contribution in [3.63, 3.8) is 0 Å². The van der Waals surface area contributed by atoms with Crippen LogP contribution in [0.2, 0.25) is 0 Å². The third-order valence-corrected chi connectivity index (χ3v) is 4.06. The van der Waals surface area contributed by atoms with Gasteiger partial charge in [-0.3, -0.25) is 0 Å². The standard InChI is InChI=1S/C15H12BrF3O2/c1-20-11-6-3-8(7-12(11)21-2)13(16)9-4-5-10(17)15(19)14(9)18/h3-7,13H,1-2H3. The molecule has 112 valence electrons. The second-order valence-corrected chi connectivity index (χ2v) is 5.16. The second kappa shape index (κ2) is 6.39. The predicted molar refractivity (Wildman–Crippen MR) is 76.6 cm³/mol. The molecule has 0 N–H and O–H groups in total. The Labute approximate surface area is 128 Å². The number of halogens is 4. The van der Waals surface area contributed by atoms with Gasteiger partial charge < -0.3 is 9.47 Å². The summed E-state index contributed by atoms with van der Waals surface area (Å²) in [4.78, 5) is -0.646. The Hall–Kier alpha value is -1.69. The molecule has 0 bridgehead atoms. The van der Waals surface area contributed by atoms with Gasteiger partial charge in [-0.25, -0.2) is 13.2 Å². The van der Waals surface area contributed by atoms with Crippen LogP contribution in [-0.2, 0) is 0 Å². The number of alkyl halides is 1. The van der Waals surface area contributed by atoms with Gasteiger partial charge in [-0.1, -0.05) is 28.1 Å². The molecule has 2 nitrogen and oxygen atoms in total. The summed E-state index contributed by atoms with van der Waals surface area (Å²) in [5.41, 5.74) is 0.624. The Bertz CT molecular complexity index is 662. The molecular weight excluding hydrogens is 349 g/mol. The fourth-order valence-corrected chi connectivity index (χ4v) is 2.56. The Morgan fingerprint density at radius 3 is 2.19 bits per heavy atom. The highest BCUT2D eigenvalue weighted by Crippen LogP contribution is 2.37. The fraction of sp³-hybridized carbons (Fsp3) is 0.200. The van der Waals surface area contributed by atoms with E-state index in [0.29, 0.717) is 17.1 Å². The lowest BCUT2D eigenvalue weighted by molar-refractivity contribution is 0.354. The van der Waals surface area contributed by atoms with Gasteiger partial charge in [0.2, 0.25) is 0 Å². The molecule has 2 aromatic carbocycles. The molecule has 0 aromatic heterocycles. The Kier molecular flexibility index (Phi) is 4.77. The number of hydrogen-bond donors (Lipinski definition) is 0. The molecule has 2 rings (SSSR count). The van der Waals surface area contributed by atoms with Crippen LogP contribution in [0.3, 0.4) is 0 Å². The molecule has 0 spiro atoms. The van der Waals surface area contributed by atoms with E-state index in [0.717, 1.165) is 6.07 Å². The van der Waals surface area contributed by atoms with Gasteiger partial charge in [0.1, 0.15) is 0 Å². The number of benzene rings is 2. The van der Waals surface area contributed by atoms with Crippen molar-refractivity contribution in [2.45, 2.75) is 4.83 Å². The molecule has 6 heteroatoms. The number of methoxy groups -OCH3 is 2. The van der Waals surface area contributed by atoms with Crippen molar-refractivity contribution in [2.24, 2.45) is 0 Å². The minimum absolute atomic E-state index is 0.00104. The smallest absolute Gasteiger partial charge is 0.194 e. The zero-order valence-corrected chi connectivity index (χ0v) is 12.9. The van der Waals surface area contributed by atoms with E-state index >= 15 is 0 Å². The van der Waals surface area contributed by atoms with E-state index in [1.165, 1.54) is 20.3 Å². The quantitative estimate of drug-likeness (QED) is 0.585. The maximum absolute atomic E-state index is 13.8. The molecule has 0 aliphatic heterocycles. The molecule has 0 heterocycles. The lowest BCUT2D eigenvalue weighted by atomic mass is 10.0. The van der Waals surface area contributed by atoms with E-state index < -0.39 is 22.3 Å².